The highest BCUT2D eigenvalue weighted by Crippen LogP contribution is 2.35. The first kappa shape index (κ1) is 28.7. The van der Waals surface area contributed by atoms with E-state index < -0.39 is 17.4 Å². The SMILES string of the molecule is CCn1c(NCCc2ccc(OC)c(OC)c2)c(/C=C2/SC(=S)N(CCC(=O)O)C2=O)c(C)c(C#N)c1=O. The lowest BCUT2D eigenvalue weighted by Crippen LogP contribution is -2.30. The molecule has 2 aromatic rings. The third-order valence-electron chi connectivity index (χ3n) is 6.04. The topological polar surface area (TPSA) is 134 Å². The van der Waals surface area contributed by atoms with Crippen molar-refractivity contribution < 1.29 is 24.2 Å². The van der Waals surface area contributed by atoms with E-state index in [0.29, 0.717) is 48.0 Å². The Morgan fingerprint density at radius 2 is 1.97 bits per heavy atom. The Kier molecular flexibility index (Phi) is 9.55. The number of pyridine rings is 1. The van der Waals surface area contributed by atoms with Gasteiger partial charge in [0.1, 0.15) is 21.8 Å². The Morgan fingerprint density at radius 1 is 1.26 bits per heavy atom. The predicted molar refractivity (Wildman–Crippen MR) is 150 cm³/mol. The number of anilines is 1. The number of aromatic nitrogens is 1. The van der Waals surface area contributed by atoms with Gasteiger partial charge in [-0.2, -0.15) is 5.26 Å². The molecule has 0 bridgehead atoms. The van der Waals surface area contributed by atoms with E-state index in [1.54, 1.807) is 34.1 Å². The number of hydrogen-bond acceptors (Lipinski definition) is 9. The second kappa shape index (κ2) is 12.6. The Bertz CT molecular complexity index is 1410. The van der Waals surface area contributed by atoms with Gasteiger partial charge in [-0.05, 0) is 49.6 Å². The number of thioether (sulfide) groups is 1. The molecule has 1 aromatic heterocycles. The van der Waals surface area contributed by atoms with Gasteiger partial charge >= 0.3 is 5.97 Å². The number of carbonyl (C=O) groups excluding carboxylic acids is 1. The normalized spacial score (nSPS) is 14.1. The summed E-state index contributed by atoms with van der Waals surface area (Å²) in [7, 11) is 3.13. The van der Waals surface area contributed by atoms with E-state index in [1.807, 2.05) is 24.3 Å². The lowest BCUT2D eigenvalue weighted by molar-refractivity contribution is -0.137. The summed E-state index contributed by atoms with van der Waals surface area (Å²) >= 11 is 6.36. The van der Waals surface area contributed by atoms with Crippen molar-refractivity contribution in [2.75, 3.05) is 32.6 Å². The van der Waals surface area contributed by atoms with Gasteiger partial charge in [-0.15, -0.1) is 0 Å². The van der Waals surface area contributed by atoms with E-state index in [4.69, 9.17) is 26.8 Å². The number of carboxylic acid groups (broad SMARTS) is 1. The summed E-state index contributed by atoms with van der Waals surface area (Å²) in [6.45, 7) is 4.17. The fraction of sp³-hybridized carbons (Fsp3) is 0.346. The number of carboxylic acids is 1. The number of thiocarbonyl (C=S) groups is 1. The molecule has 0 unspecified atom stereocenters. The van der Waals surface area contributed by atoms with Gasteiger partial charge in [0, 0.05) is 25.2 Å². The summed E-state index contributed by atoms with van der Waals surface area (Å²) in [5, 5.41) is 22.0. The zero-order valence-electron chi connectivity index (χ0n) is 21.5. The van der Waals surface area contributed by atoms with Crippen LogP contribution in [0.3, 0.4) is 0 Å². The predicted octanol–water partition coefficient (Wildman–Crippen LogP) is 3.40. The van der Waals surface area contributed by atoms with Crippen LogP contribution in [0.5, 0.6) is 11.5 Å². The van der Waals surface area contributed by atoms with Crippen LogP contribution in [0.1, 0.15) is 35.6 Å². The van der Waals surface area contributed by atoms with Gasteiger partial charge in [-0.1, -0.05) is 30.0 Å². The van der Waals surface area contributed by atoms with Crippen molar-refractivity contribution in [1.82, 2.24) is 9.47 Å². The number of carbonyl (C=O) groups is 2. The highest BCUT2D eigenvalue weighted by atomic mass is 32.2. The number of nitrogens with zero attached hydrogens (tertiary/aromatic N) is 3. The van der Waals surface area contributed by atoms with E-state index in [2.05, 4.69) is 5.32 Å². The number of ether oxygens (including phenoxy) is 2. The number of methoxy groups -OCH3 is 2. The zero-order valence-corrected chi connectivity index (χ0v) is 23.1. The number of hydrogen-bond donors (Lipinski definition) is 2. The molecule has 0 aliphatic carbocycles. The van der Waals surface area contributed by atoms with Gasteiger partial charge in [0.2, 0.25) is 0 Å². The molecule has 1 aliphatic heterocycles. The maximum absolute atomic E-state index is 13.1. The fourth-order valence-corrected chi connectivity index (χ4v) is 5.34. The molecule has 1 aliphatic rings. The summed E-state index contributed by atoms with van der Waals surface area (Å²) in [5.74, 6) is 0.258. The maximum atomic E-state index is 13.1. The molecule has 2 heterocycles. The quantitative estimate of drug-likeness (QED) is 0.313. The van der Waals surface area contributed by atoms with Gasteiger partial charge in [0.05, 0.1) is 25.5 Å². The van der Waals surface area contributed by atoms with E-state index in [-0.39, 0.29) is 27.8 Å². The molecule has 38 heavy (non-hydrogen) atoms. The van der Waals surface area contributed by atoms with Crippen LogP contribution in [0.4, 0.5) is 5.82 Å². The molecule has 1 aromatic carbocycles. The molecule has 0 saturated carbocycles. The van der Waals surface area contributed by atoms with Crippen LogP contribution in [0, 0.1) is 18.3 Å². The summed E-state index contributed by atoms with van der Waals surface area (Å²) in [6.07, 6.45) is 1.97. The van der Waals surface area contributed by atoms with Gasteiger partial charge in [-0.3, -0.25) is 23.9 Å². The molecule has 3 rings (SSSR count). The van der Waals surface area contributed by atoms with E-state index in [0.717, 1.165) is 17.3 Å². The van der Waals surface area contributed by atoms with Crippen molar-refractivity contribution >= 4 is 52.1 Å². The second-order valence-electron chi connectivity index (χ2n) is 8.27. The molecule has 1 saturated heterocycles. The first-order valence-corrected chi connectivity index (χ1v) is 13.0. The lowest BCUT2D eigenvalue weighted by Gasteiger charge is -2.19. The average molecular weight is 557 g/mol. The van der Waals surface area contributed by atoms with Gasteiger partial charge in [-0.25, -0.2) is 0 Å². The summed E-state index contributed by atoms with van der Waals surface area (Å²) in [6, 6.07) is 7.60. The Morgan fingerprint density at radius 3 is 2.58 bits per heavy atom. The van der Waals surface area contributed by atoms with Crippen LogP contribution in [0.15, 0.2) is 27.9 Å². The highest BCUT2D eigenvalue weighted by Gasteiger charge is 2.33. The molecule has 12 heteroatoms. The summed E-state index contributed by atoms with van der Waals surface area (Å²) in [5.41, 5.74) is 1.50. The first-order valence-electron chi connectivity index (χ1n) is 11.8. The molecule has 1 fully saturated rings. The molecular formula is C26H28N4O6S2. The number of amides is 1. The molecule has 200 valence electrons. The minimum atomic E-state index is -1.03. The second-order valence-corrected chi connectivity index (χ2v) is 9.94. The van der Waals surface area contributed by atoms with Crippen LogP contribution in [0.25, 0.3) is 6.08 Å². The highest BCUT2D eigenvalue weighted by molar-refractivity contribution is 8.26. The van der Waals surface area contributed by atoms with Crippen LogP contribution in [-0.4, -0.2) is 58.1 Å². The zero-order chi connectivity index (χ0) is 28.0. The molecule has 1 amide bonds. The van der Waals surface area contributed by atoms with E-state index >= 15 is 0 Å². The first-order chi connectivity index (χ1) is 18.2. The number of benzene rings is 1. The van der Waals surface area contributed by atoms with Crippen LogP contribution in [0.2, 0.25) is 0 Å². The molecule has 0 atom stereocenters. The van der Waals surface area contributed by atoms with Crippen molar-refractivity contribution in [2.45, 2.75) is 33.2 Å². The van der Waals surface area contributed by atoms with Crippen molar-refractivity contribution in [3.8, 4) is 17.6 Å². The monoisotopic (exact) mass is 556 g/mol. The van der Waals surface area contributed by atoms with E-state index in [9.17, 15) is 19.6 Å². The Labute approximate surface area is 229 Å². The minimum Gasteiger partial charge on any atom is -0.493 e. The number of rotatable bonds is 11. The number of nitriles is 1. The van der Waals surface area contributed by atoms with Crippen LogP contribution < -0.4 is 20.3 Å². The largest absolute Gasteiger partial charge is 0.493 e. The van der Waals surface area contributed by atoms with Crippen molar-refractivity contribution in [1.29, 1.82) is 5.26 Å². The van der Waals surface area contributed by atoms with Crippen molar-refractivity contribution in [3.63, 3.8) is 0 Å². The van der Waals surface area contributed by atoms with Crippen LogP contribution >= 0.6 is 24.0 Å². The van der Waals surface area contributed by atoms with Gasteiger partial charge < -0.3 is 19.9 Å². The minimum absolute atomic E-state index is 0.00936. The number of aliphatic carboxylic acids is 1. The molecule has 0 radical (unpaired) electrons. The standard InChI is InChI=1S/C26H28N4O6S2/c1-5-29-23(28-10-8-16-6-7-19(35-3)20(12-16)36-4)17(15(2)18(14-27)24(29)33)13-21-25(34)30(26(37)38-21)11-9-22(31)32/h6-7,12-13,28H,5,8-11H2,1-4H3,(H,31,32)/b21-13+. The molecule has 0 spiro atoms. The summed E-state index contributed by atoms with van der Waals surface area (Å²) in [4.78, 5) is 38.6. The Balaban J connectivity index is 1.99. The maximum Gasteiger partial charge on any atom is 0.305 e. The van der Waals surface area contributed by atoms with E-state index in [1.165, 1.54) is 9.47 Å². The van der Waals surface area contributed by atoms with Crippen molar-refractivity contribution in [2.24, 2.45) is 0 Å². The molecular weight excluding hydrogens is 528 g/mol. The fourth-order valence-electron chi connectivity index (χ4n) is 4.05. The van der Waals surface area contributed by atoms with Gasteiger partial charge in [0.25, 0.3) is 11.5 Å². The third kappa shape index (κ3) is 6.00. The van der Waals surface area contributed by atoms with Crippen molar-refractivity contribution in [3.05, 3.63) is 55.7 Å². The number of nitrogens with one attached hydrogen (secondary N) is 1. The summed E-state index contributed by atoms with van der Waals surface area (Å²) < 4.78 is 12.4. The lowest BCUT2D eigenvalue weighted by atomic mass is 10.0. The van der Waals surface area contributed by atoms with Crippen LogP contribution in [-0.2, 0) is 22.6 Å². The Hall–Kier alpha value is -3.82. The van der Waals surface area contributed by atoms with Gasteiger partial charge in [0.15, 0.2) is 11.5 Å². The third-order valence-corrected chi connectivity index (χ3v) is 7.42. The molecule has 10 nitrogen and oxygen atoms in total. The molecule has 2 N–H and O–H groups in total. The average Bonchev–Trinajstić information content (AvgIpc) is 3.16. The smallest absolute Gasteiger partial charge is 0.305 e.